The van der Waals surface area contributed by atoms with E-state index < -0.39 is 5.41 Å². The van der Waals surface area contributed by atoms with Gasteiger partial charge in [-0.3, -0.25) is 14.5 Å². The lowest BCUT2D eigenvalue weighted by Gasteiger charge is -2.35. The number of aryl methyl sites for hydroxylation is 1. The highest BCUT2D eigenvalue weighted by molar-refractivity contribution is 5.85. The number of hydrogen-bond donors (Lipinski definition) is 0. The summed E-state index contributed by atoms with van der Waals surface area (Å²) in [5, 5.41) is 3.96. The van der Waals surface area contributed by atoms with E-state index in [9.17, 15) is 9.59 Å². The van der Waals surface area contributed by atoms with Gasteiger partial charge in [-0.15, -0.1) is 0 Å². The van der Waals surface area contributed by atoms with Crippen LogP contribution in [0.2, 0.25) is 0 Å². The molecule has 0 N–H and O–H groups in total. The second kappa shape index (κ2) is 8.42. The maximum atomic E-state index is 12.5. The summed E-state index contributed by atoms with van der Waals surface area (Å²) in [6, 6.07) is 0. The second-order valence-corrected chi connectivity index (χ2v) is 6.90. The number of esters is 1. The summed E-state index contributed by atoms with van der Waals surface area (Å²) < 4.78 is 10.2. The summed E-state index contributed by atoms with van der Waals surface area (Å²) in [7, 11) is 0. The molecule has 0 saturated carbocycles. The number of carbonyl (C=O) groups excluding carboxylic acids is 2. The summed E-state index contributed by atoms with van der Waals surface area (Å²) in [6.45, 7) is 11.0. The van der Waals surface area contributed by atoms with Gasteiger partial charge in [0.2, 0.25) is 11.8 Å². The Morgan fingerprint density at radius 3 is 2.44 bits per heavy atom. The van der Waals surface area contributed by atoms with E-state index in [1.165, 1.54) is 0 Å². The Labute approximate surface area is 148 Å². The lowest BCUT2D eigenvalue weighted by Crippen LogP contribution is -2.49. The minimum atomic E-state index is -0.800. The predicted octanol–water partition coefficient (Wildman–Crippen LogP) is 1.26. The van der Waals surface area contributed by atoms with Gasteiger partial charge in [-0.1, -0.05) is 12.1 Å². The third-order valence-electron chi connectivity index (χ3n) is 4.32. The van der Waals surface area contributed by atoms with Crippen molar-refractivity contribution in [1.29, 1.82) is 0 Å². The van der Waals surface area contributed by atoms with Crippen LogP contribution in [0.15, 0.2) is 4.52 Å². The van der Waals surface area contributed by atoms with Crippen LogP contribution < -0.4 is 0 Å². The highest BCUT2D eigenvalue weighted by Gasteiger charge is 2.34. The number of rotatable bonds is 7. The topological polar surface area (TPSA) is 88.8 Å². The average Bonchev–Trinajstić information content (AvgIpc) is 3.03. The highest BCUT2D eigenvalue weighted by atomic mass is 16.5. The zero-order chi connectivity index (χ0) is 18.4. The fourth-order valence-electron chi connectivity index (χ4n) is 2.74. The number of nitrogens with zero attached hydrogens (tertiary/aromatic N) is 4. The van der Waals surface area contributed by atoms with Crippen molar-refractivity contribution in [3.05, 3.63) is 11.7 Å². The van der Waals surface area contributed by atoms with Crippen LogP contribution in [-0.2, 0) is 27.3 Å². The first-order valence-corrected chi connectivity index (χ1v) is 8.84. The van der Waals surface area contributed by atoms with Gasteiger partial charge >= 0.3 is 5.97 Å². The summed E-state index contributed by atoms with van der Waals surface area (Å²) in [6.07, 6.45) is 0.891. The van der Waals surface area contributed by atoms with Crippen molar-refractivity contribution < 1.29 is 18.8 Å². The zero-order valence-corrected chi connectivity index (χ0v) is 15.6. The molecule has 140 valence electrons. The minimum absolute atomic E-state index is 0.00877. The molecule has 2 heterocycles. The van der Waals surface area contributed by atoms with Gasteiger partial charge < -0.3 is 14.2 Å². The van der Waals surface area contributed by atoms with E-state index in [1.807, 2.05) is 11.8 Å². The molecule has 0 aliphatic carbocycles. The van der Waals surface area contributed by atoms with E-state index in [4.69, 9.17) is 9.26 Å². The van der Waals surface area contributed by atoms with Gasteiger partial charge in [0, 0.05) is 39.0 Å². The quantitative estimate of drug-likeness (QED) is 0.682. The Bertz CT molecular complexity index is 591. The molecule has 1 saturated heterocycles. The molecule has 1 amide bonds. The van der Waals surface area contributed by atoms with Gasteiger partial charge in [0.1, 0.15) is 0 Å². The molecular weight excluding hydrogens is 324 g/mol. The first-order valence-electron chi connectivity index (χ1n) is 8.84. The van der Waals surface area contributed by atoms with Gasteiger partial charge in [0.15, 0.2) is 5.82 Å². The maximum absolute atomic E-state index is 12.5. The Hall–Kier alpha value is -1.96. The Balaban J connectivity index is 1.80. The van der Waals surface area contributed by atoms with Crippen molar-refractivity contribution in [2.75, 3.05) is 32.8 Å². The maximum Gasteiger partial charge on any atom is 0.312 e. The normalized spacial score (nSPS) is 16.1. The fraction of sp³-hybridized carbons (Fsp3) is 0.765. The van der Waals surface area contributed by atoms with Crippen molar-refractivity contribution in [2.24, 2.45) is 5.41 Å². The fourth-order valence-corrected chi connectivity index (χ4v) is 2.74. The average molecular weight is 352 g/mol. The molecule has 8 heteroatoms. The summed E-state index contributed by atoms with van der Waals surface area (Å²) in [5.41, 5.74) is -0.800. The lowest BCUT2D eigenvalue weighted by molar-refractivity contribution is -0.157. The van der Waals surface area contributed by atoms with Gasteiger partial charge in [0.05, 0.1) is 18.6 Å². The Kier molecular flexibility index (Phi) is 6.52. The van der Waals surface area contributed by atoms with Crippen LogP contribution in [0.1, 0.15) is 45.8 Å². The van der Waals surface area contributed by atoms with E-state index in [0.717, 1.165) is 19.5 Å². The van der Waals surface area contributed by atoms with Crippen LogP contribution in [0, 0.1) is 5.41 Å². The number of amides is 1. The smallest absolute Gasteiger partial charge is 0.312 e. The molecule has 2 rings (SSSR count). The SMILES string of the molecule is CCOC(=O)C(C)(C)CC(=O)N1CCN(Cc2noc(CC)n2)CC1. The monoisotopic (exact) mass is 352 g/mol. The van der Waals surface area contributed by atoms with Crippen molar-refractivity contribution in [2.45, 2.75) is 47.1 Å². The molecule has 0 radical (unpaired) electrons. The van der Waals surface area contributed by atoms with E-state index in [1.54, 1.807) is 20.8 Å². The molecule has 1 aromatic rings. The molecule has 0 spiro atoms. The van der Waals surface area contributed by atoms with E-state index in [0.29, 0.717) is 38.0 Å². The van der Waals surface area contributed by atoms with Crippen LogP contribution in [0.25, 0.3) is 0 Å². The van der Waals surface area contributed by atoms with E-state index >= 15 is 0 Å². The third kappa shape index (κ3) is 5.26. The van der Waals surface area contributed by atoms with Crippen molar-refractivity contribution in [1.82, 2.24) is 19.9 Å². The van der Waals surface area contributed by atoms with Gasteiger partial charge in [-0.05, 0) is 20.8 Å². The largest absolute Gasteiger partial charge is 0.466 e. The third-order valence-corrected chi connectivity index (χ3v) is 4.32. The molecule has 1 aliphatic heterocycles. The predicted molar refractivity (Wildman–Crippen MR) is 90.6 cm³/mol. The second-order valence-electron chi connectivity index (χ2n) is 6.90. The lowest BCUT2D eigenvalue weighted by atomic mass is 9.88. The van der Waals surface area contributed by atoms with Crippen LogP contribution in [-0.4, -0.2) is 64.6 Å². The number of hydrogen-bond acceptors (Lipinski definition) is 7. The first-order chi connectivity index (χ1) is 11.9. The van der Waals surface area contributed by atoms with Crippen LogP contribution >= 0.6 is 0 Å². The summed E-state index contributed by atoms with van der Waals surface area (Å²) in [4.78, 5) is 32.8. The van der Waals surface area contributed by atoms with Gasteiger partial charge in [0.25, 0.3) is 0 Å². The molecule has 25 heavy (non-hydrogen) atoms. The highest BCUT2D eigenvalue weighted by Crippen LogP contribution is 2.24. The molecule has 0 bridgehead atoms. The van der Waals surface area contributed by atoms with E-state index in [-0.39, 0.29) is 18.3 Å². The molecule has 0 atom stereocenters. The molecule has 0 aromatic carbocycles. The first kappa shape index (κ1) is 19.4. The van der Waals surface area contributed by atoms with Gasteiger partial charge in [-0.2, -0.15) is 4.98 Å². The number of aromatic nitrogens is 2. The summed E-state index contributed by atoms with van der Waals surface area (Å²) >= 11 is 0. The molecule has 0 unspecified atom stereocenters. The van der Waals surface area contributed by atoms with Crippen molar-refractivity contribution in [3.8, 4) is 0 Å². The molecule has 8 nitrogen and oxygen atoms in total. The van der Waals surface area contributed by atoms with Crippen molar-refractivity contribution in [3.63, 3.8) is 0 Å². The Morgan fingerprint density at radius 1 is 1.20 bits per heavy atom. The van der Waals surface area contributed by atoms with Crippen LogP contribution in [0.5, 0.6) is 0 Å². The molecule has 1 fully saturated rings. The zero-order valence-electron chi connectivity index (χ0n) is 15.6. The van der Waals surface area contributed by atoms with Crippen LogP contribution in [0.3, 0.4) is 0 Å². The Morgan fingerprint density at radius 2 is 1.88 bits per heavy atom. The molecular formula is C17H28N4O4. The standard InChI is InChI=1S/C17H28N4O4/c1-5-14-18-13(19-25-14)12-20-7-9-21(10-8-20)15(22)11-17(3,4)16(23)24-6-2/h5-12H2,1-4H3. The minimum Gasteiger partial charge on any atom is -0.466 e. The summed E-state index contributed by atoms with van der Waals surface area (Å²) in [5.74, 6) is 0.987. The van der Waals surface area contributed by atoms with Crippen molar-refractivity contribution >= 4 is 11.9 Å². The number of ether oxygens (including phenoxy) is 1. The molecule has 1 aliphatic rings. The van der Waals surface area contributed by atoms with Crippen LogP contribution in [0.4, 0.5) is 0 Å². The van der Waals surface area contributed by atoms with Gasteiger partial charge in [-0.25, -0.2) is 0 Å². The molecule has 1 aromatic heterocycles. The number of carbonyl (C=O) groups is 2. The van der Waals surface area contributed by atoms with E-state index in [2.05, 4.69) is 15.0 Å². The number of piperazine rings is 1.